The molecule has 2 aromatic rings. The molecule has 4 rings (SSSR count). The summed E-state index contributed by atoms with van der Waals surface area (Å²) < 4.78 is 0. The van der Waals surface area contributed by atoms with E-state index < -0.39 is 0 Å². The maximum atomic E-state index is 13.6. The van der Waals surface area contributed by atoms with Crippen LogP contribution in [0.5, 0.6) is 0 Å². The van der Waals surface area contributed by atoms with Crippen LogP contribution in [0.2, 0.25) is 0 Å². The molecule has 2 aliphatic heterocycles. The van der Waals surface area contributed by atoms with E-state index in [1.54, 1.807) is 6.20 Å². The zero-order valence-electron chi connectivity index (χ0n) is 22.6. The average Bonchev–Trinajstić information content (AvgIpc) is 3.06. The Kier molecular flexibility index (Phi) is 8.91. The summed E-state index contributed by atoms with van der Waals surface area (Å²) in [6.07, 6.45) is 5.97. The first kappa shape index (κ1) is 27.5. The number of hydrogen-bond acceptors (Lipinski definition) is 4. The maximum Gasteiger partial charge on any atom is 0.274 e. The van der Waals surface area contributed by atoms with E-state index in [-0.39, 0.29) is 23.8 Å². The van der Waals surface area contributed by atoms with Gasteiger partial charge in [0, 0.05) is 48.9 Å². The molecule has 0 atom stereocenters. The Balaban J connectivity index is 1.51. The molecule has 2 amide bonds. The van der Waals surface area contributed by atoms with Crippen molar-refractivity contribution in [2.75, 3.05) is 25.0 Å². The van der Waals surface area contributed by atoms with Gasteiger partial charge >= 0.3 is 0 Å². The van der Waals surface area contributed by atoms with Gasteiger partial charge in [-0.15, -0.1) is 0 Å². The normalized spacial score (nSPS) is 16.5. The molecule has 7 heteroatoms. The quantitative estimate of drug-likeness (QED) is 0.532. The third-order valence-electron chi connectivity index (χ3n) is 6.99. The highest BCUT2D eigenvalue weighted by Crippen LogP contribution is 2.30. The van der Waals surface area contributed by atoms with E-state index in [1.165, 1.54) is 0 Å². The summed E-state index contributed by atoms with van der Waals surface area (Å²) >= 11 is 6.74. The number of amides is 2. The fraction of sp³-hybridized carbons (Fsp3) is 0.387. The van der Waals surface area contributed by atoms with Crippen LogP contribution in [-0.4, -0.2) is 52.3 Å². The van der Waals surface area contributed by atoms with E-state index in [2.05, 4.69) is 27.0 Å². The van der Waals surface area contributed by atoms with Crippen LogP contribution in [0.1, 0.15) is 56.7 Å². The lowest BCUT2D eigenvalue weighted by molar-refractivity contribution is -0.136. The van der Waals surface area contributed by atoms with Gasteiger partial charge in [-0.25, -0.2) is 4.98 Å². The van der Waals surface area contributed by atoms with Gasteiger partial charge in [-0.1, -0.05) is 61.1 Å². The molecule has 1 aromatic carbocycles. The third kappa shape index (κ3) is 6.65. The van der Waals surface area contributed by atoms with Crippen LogP contribution in [0.4, 0.5) is 5.82 Å². The Hall–Kier alpha value is -3.56. The van der Waals surface area contributed by atoms with Crippen molar-refractivity contribution >= 4 is 29.2 Å². The number of piperidine rings is 1. The summed E-state index contributed by atoms with van der Waals surface area (Å²) in [6, 6.07) is 11.8. The highest BCUT2D eigenvalue weighted by atomic mass is 35.5. The van der Waals surface area contributed by atoms with Crippen molar-refractivity contribution in [3.63, 3.8) is 0 Å². The number of anilines is 1. The SMILES string of the molecule is CC1=CC(Cl)=C(C(=O)Nc2ncc(C#Cc3ccccc3)cc2C)N(C2CCN(C(=O)C(C)C)CC2)CC1. The van der Waals surface area contributed by atoms with Gasteiger partial charge in [0.25, 0.3) is 5.91 Å². The third-order valence-corrected chi connectivity index (χ3v) is 7.28. The van der Waals surface area contributed by atoms with Crippen molar-refractivity contribution in [2.24, 2.45) is 5.92 Å². The Bertz CT molecular complexity index is 1310. The van der Waals surface area contributed by atoms with Gasteiger partial charge < -0.3 is 15.1 Å². The topological polar surface area (TPSA) is 65.5 Å². The fourth-order valence-corrected chi connectivity index (χ4v) is 5.26. The molecule has 0 saturated carbocycles. The van der Waals surface area contributed by atoms with Crippen molar-refractivity contribution in [1.82, 2.24) is 14.8 Å². The number of nitrogens with one attached hydrogen (secondary N) is 1. The van der Waals surface area contributed by atoms with Crippen LogP contribution >= 0.6 is 11.6 Å². The standard InChI is InChI=1S/C31H35ClN4O2/c1-21(2)31(38)35-15-13-26(14-16-35)36-17-12-22(3)18-27(32)28(36)30(37)34-29-23(4)19-25(20-33-29)11-10-24-8-6-5-7-9-24/h5-9,18-21,26H,12-17H2,1-4H3,(H,33,34,37). The Morgan fingerprint density at radius 1 is 1.05 bits per heavy atom. The number of hydrogen-bond donors (Lipinski definition) is 1. The number of nitrogens with zero attached hydrogens (tertiary/aromatic N) is 3. The zero-order chi connectivity index (χ0) is 27.2. The van der Waals surface area contributed by atoms with Gasteiger partial charge in [0.15, 0.2) is 0 Å². The smallest absolute Gasteiger partial charge is 0.274 e. The highest BCUT2D eigenvalue weighted by molar-refractivity contribution is 6.34. The molecule has 3 heterocycles. The number of allylic oxidation sites excluding steroid dienone is 2. The lowest BCUT2D eigenvalue weighted by atomic mass is 10.0. The minimum Gasteiger partial charge on any atom is -0.362 e. The van der Waals surface area contributed by atoms with Crippen LogP contribution in [0.15, 0.2) is 65.0 Å². The summed E-state index contributed by atoms with van der Waals surface area (Å²) in [5.41, 5.74) is 4.12. The molecule has 6 nitrogen and oxygen atoms in total. The van der Waals surface area contributed by atoms with Gasteiger partial charge in [-0.2, -0.15) is 0 Å². The number of carbonyl (C=O) groups excluding carboxylic acids is 2. The largest absolute Gasteiger partial charge is 0.362 e. The van der Waals surface area contributed by atoms with Gasteiger partial charge in [0.05, 0.1) is 5.03 Å². The van der Waals surface area contributed by atoms with E-state index >= 15 is 0 Å². The molecular weight excluding hydrogens is 496 g/mol. The van der Waals surface area contributed by atoms with Crippen LogP contribution < -0.4 is 5.32 Å². The maximum absolute atomic E-state index is 13.6. The van der Waals surface area contributed by atoms with Crippen molar-refractivity contribution in [3.05, 3.63) is 81.7 Å². The molecule has 1 fully saturated rings. The van der Waals surface area contributed by atoms with Crippen molar-refractivity contribution < 1.29 is 9.59 Å². The number of pyridine rings is 1. The van der Waals surface area contributed by atoms with Crippen molar-refractivity contribution in [3.8, 4) is 11.8 Å². The Morgan fingerprint density at radius 3 is 2.39 bits per heavy atom. The van der Waals surface area contributed by atoms with E-state index in [9.17, 15) is 9.59 Å². The lowest BCUT2D eigenvalue weighted by Gasteiger charge is -2.40. The monoisotopic (exact) mass is 530 g/mol. The molecular formula is C31H35ClN4O2. The summed E-state index contributed by atoms with van der Waals surface area (Å²) in [6.45, 7) is 9.87. The molecule has 198 valence electrons. The number of aromatic nitrogens is 1. The molecule has 38 heavy (non-hydrogen) atoms. The van der Waals surface area contributed by atoms with Crippen molar-refractivity contribution in [2.45, 2.75) is 53.0 Å². The predicted molar refractivity (Wildman–Crippen MR) is 152 cm³/mol. The molecule has 2 aliphatic rings. The number of likely N-dealkylation sites (tertiary alicyclic amines) is 1. The summed E-state index contributed by atoms with van der Waals surface area (Å²) in [4.78, 5) is 34.7. The molecule has 0 unspecified atom stereocenters. The lowest BCUT2D eigenvalue weighted by Crippen LogP contribution is -2.49. The highest BCUT2D eigenvalue weighted by Gasteiger charge is 2.33. The second-order valence-corrected chi connectivity index (χ2v) is 10.7. The first-order valence-corrected chi connectivity index (χ1v) is 13.6. The average molecular weight is 531 g/mol. The number of rotatable bonds is 4. The molecule has 0 radical (unpaired) electrons. The second kappa shape index (κ2) is 12.3. The number of benzene rings is 1. The first-order valence-electron chi connectivity index (χ1n) is 13.2. The van der Waals surface area contributed by atoms with E-state index in [4.69, 9.17) is 11.6 Å². The van der Waals surface area contributed by atoms with Crippen LogP contribution in [0.25, 0.3) is 0 Å². The summed E-state index contributed by atoms with van der Waals surface area (Å²) in [5.74, 6) is 6.65. The van der Waals surface area contributed by atoms with E-state index in [0.29, 0.717) is 36.2 Å². The van der Waals surface area contributed by atoms with Crippen LogP contribution in [0.3, 0.4) is 0 Å². The molecule has 1 saturated heterocycles. The predicted octanol–water partition coefficient (Wildman–Crippen LogP) is 5.48. The molecule has 1 N–H and O–H groups in total. The minimum atomic E-state index is -0.277. The summed E-state index contributed by atoms with van der Waals surface area (Å²) in [7, 11) is 0. The van der Waals surface area contributed by atoms with Gasteiger partial charge in [-0.3, -0.25) is 9.59 Å². The molecule has 0 spiro atoms. The number of carbonyl (C=O) groups is 2. The van der Waals surface area contributed by atoms with Crippen LogP contribution in [-0.2, 0) is 9.59 Å². The van der Waals surface area contributed by atoms with Gasteiger partial charge in [0.2, 0.25) is 5.91 Å². The van der Waals surface area contributed by atoms with E-state index in [0.717, 1.165) is 41.5 Å². The van der Waals surface area contributed by atoms with E-state index in [1.807, 2.05) is 75.1 Å². The Labute approximate surface area is 230 Å². The number of halogens is 1. The van der Waals surface area contributed by atoms with Gasteiger partial charge in [-0.05, 0) is 62.9 Å². The molecule has 0 aliphatic carbocycles. The van der Waals surface area contributed by atoms with Crippen LogP contribution in [0, 0.1) is 24.7 Å². The minimum absolute atomic E-state index is 0.0151. The first-order chi connectivity index (χ1) is 18.2. The molecule has 1 aromatic heterocycles. The zero-order valence-corrected chi connectivity index (χ0v) is 23.3. The van der Waals surface area contributed by atoms with Gasteiger partial charge in [0.1, 0.15) is 11.5 Å². The fourth-order valence-electron chi connectivity index (χ4n) is 4.88. The second-order valence-electron chi connectivity index (χ2n) is 10.3. The Morgan fingerprint density at radius 2 is 1.74 bits per heavy atom. The van der Waals surface area contributed by atoms with Crippen molar-refractivity contribution in [1.29, 1.82) is 0 Å². The molecule has 0 bridgehead atoms. The number of aryl methyl sites for hydroxylation is 1. The summed E-state index contributed by atoms with van der Waals surface area (Å²) in [5, 5.41) is 3.42.